The first-order valence-electron chi connectivity index (χ1n) is 8.18. The average Bonchev–Trinajstić information content (AvgIpc) is 2.58. The Balaban J connectivity index is 1.87. The molecule has 0 spiro atoms. The first-order valence-corrected chi connectivity index (χ1v) is 8.18. The number of aryl methyl sites for hydroxylation is 1. The molecule has 0 saturated heterocycles. The summed E-state index contributed by atoms with van der Waals surface area (Å²) < 4.78 is 11.2. The lowest BCUT2D eigenvalue weighted by Gasteiger charge is -2.17. The third-order valence-corrected chi connectivity index (χ3v) is 4.36. The smallest absolute Gasteiger partial charge is 0.122 e. The molecule has 0 aliphatic heterocycles. The second-order valence-corrected chi connectivity index (χ2v) is 5.90. The maximum absolute atomic E-state index is 5.95. The van der Waals surface area contributed by atoms with Crippen molar-refractivity contribution in [2.75, 3.05) is 20.3 Å². The standard InChI is InChI=1S/C20H27NO2/c1-15-7-4-11-20(16(15)2)23-12-6-9-18(14-21)17-8-5-10-19(13-17)22-3/h4-5,7-8,10-11,13,18H,6,9,12,14,21H2,1-3H3. The highest BCUT2D eigenvalue weighted by Crippen LogP contribution is 2.25. The Morgan fingerprint density at radius 3 is 2.61 bits per heavy atom. The van der Waals surface area contributed by atoms with E-state index >= 15 is 0 Å². The van der Waals surface area contributed by atoms with Crippen LogP contribution in [0.15, 0.2) is 42.5 Å². The van der Waals surface area contributed by atoms with Crippen LogP contribution >= 0.6 is 0 Å². The Labute approximate surface area is 139 Å². The molecule has 0 saturated carbocycles. The summed E-state index contributed by atoms with van der Waals surface area (Å²) in [6.45, 7) is 5.56. The van der Waals surface area contributed by atoms with Gasteiger partial charge in [-0.15, -0.1) is 0 Å². The summed E-state index contributed by atoms with van der Waals surface area (Å²) in [6.07, 6.45) is 1.99. The van der Waals surface area contributed by atoms with E-state index in [0.717, 1.165) is 24.3 Å². The van der Waals surface area contributed by atoms with Crippen LogP contribution in [0, 0.1) is 13.8 Å². The van der Waals surface area contributed by atoms with Crippen molar-refractivity contribution in [3.63, 3.8) is 0 Å². The summed E-state index contributed by atoms with van der Waals surface area (Å²) in [5, 5.41) is 0. The fourth-order valence-corrected chi connectivity index (χ4v) is 2.71. The van der Waals surface area contributed by atoms with Crippen LogP contribution in [0.5, 0.6) is 11.5 Å². The average molecular weight is 313 g/mol. The van der Waals surface area contributed by atoms with Gasteiger partial charge in [0.2, 0.25) is 0 Å². The largest absolute Gasteiger partial charge is 0.497 e. The van der Waals surface area contributed by atoms with E-state index in [1.54, 1.807) is 7.11 Å². The van der Waals surface area contributed by atoms with Crippen LogP contribution in [0.25, 0.3) is 0 Å². The van der Waals surface area contributed by atoms with E-state index in [0.29, 0.717) is 19.1 Å². The molecular formula is C20H27NO2. The number of hydrogen-bond donors (Lipinski definition) is 1. The predicted molar refractivity (Wildman–Crippen MR) is 95.4 cm³/mol. The summed E-state index contributed by atoms with van der Waals surface area (Å²) in [5.74, 6) is 2.20. The molecule has 0 aromatic heterocycles. The lowest BCUT2D eigenvalue weighted by molar-refractivity contribution is 0.299. The molecule has 2 N–H and O–H groups in total. The Kier molecular flexibility index (Phi) is 6.48. The minimum atomic E-state index is 0.340. The lowest BCUT2D eigenvalue weighted by Crippen LogP contribution is -2.14. The van der Waals surface area contributed by atoms with Gasteiger partial charge >= 0.3 is 0 Å². The van der Waals surface area contributed by atoms with E-state index in [2.05, 4.69) is 32.0 Å². The van der Waals surface area contributed by atoms with Crippen LogP contribution in [-0.4, -0.2) is 20.3 Å². The van der Waals surface area contributed by atoms with Crippen molar-refractivity contribution in [2.45, 2.75) is 32.6 Å². The van der Waals surface area contributed by atoms with E-state index in [1.807, 2.05) is 24.3 Å². The van der Waals surface area contributed by atoms with E-state index in [4.69, 9.17) is 15.2 Å². The zero-order chi connectivity index (χ0) is 16.7. The van der Waals surface area contributed by atoms with Crippen molar-refractivity contribution in [1.82, 2.24) is 0 Å². The molecule has 3 nitrogen and oxygen atoms in total. The molecule has 124 valence electrons. The molecule has 0 amide bonds. The van der Waals surface area contributed by atoms with Gasteiger partial charge < -0.3 is 15.2 Å². The SMILES string of the molecule is COc1cccc(C(CN)CCCOc2cccc(C)c2C)c1. The number of rotatable bonds is 8. The van der Waals surface area contributed by atoms with Gasteiger partial charge in [0.05, 0.1) is 13.7 Å². The Hall–Kier alpha value is -2.00. The van der Waals surface area contributed by atoms with E-state index in [9.17, 15) is 0 Å². The highest BCUT2D eigenvalue weighted by molar-refractivity contribution is 5.38. The zero-order valence-corrected chi connectivity index (χ0v) is 14.3. The number of methoxy groups -OCH3 is 1. The van der Waals surface area contributed by atoms with Crippen molar-refractivity contribution in [3.8, 4) is 11.5 Å². The third-order valence-electron chi connectivity index (χ3n) is 4.36. The van der Waals surface area contributed by atoms with Crippen LogP contribution in [-0.2, 0) is 0 Å². The van der Waals surface area contributed by atoms with Gasteiger partial charge in [-0.25, -0.2) is 0 Å². The minimum absolute atomic E-state index is 0.340. The first-order chi connectivity index (χ1) is 11.2. The quantitative estimate of drug-likeness (QED) is 0.742. The summed E-state index contributed by atoms with van der Waals surface area (Å²) in [4.78, 5) is 0. The van der Waals surface area contributed by atoms with Gasteiger partial charge in [0.15, 0.2) is 0 Å². The summed E-state index contributed by atoms with van der Waals surface area (Å²) in [6, 6.07) is 14.3. The second kappa shape index (κ2) is 8.59. The third kappa shape index (κ3) is 4.73. The maximum atomic E-state index is 5.95. The Bertz CT molecular complexity index is 625. The van der Waals surface area contributed by atoms with Gasteiger partial charge in [-0.05, 0) is 74.0 Å². The molecule has 2 aromatic carbocycles. The molecule has 0 fully saturated rings. The monoisotopic (exact) mass is 313 g/mol. The Morgan fingerprint density at radius 2 is 1.87 bits per heavy atom. The normalized spacial score (nSPS) is 12.0. The van der Waals surface area contributed by atoms with E-state index in [-0.39, 0.29) is 0 Å². The molecular weight excluding hydrogens is 286 g/mol. The van der Waals surface area contributed by atoms with Gasteiger partial charge in [0.1, 0.15) is 11.5 Å². The highest BCUT2D eigenvalue weighted by Gasteiger charge is 2.11. The zero-order valence-electron chi connectivity index (χ0n) is 14.3. The van der Waals surface area contributed by atoms with Crippen molar-refractivity contribution in [3.05, 3.63) is 59.2 Å². The molecule has 0 heterocycles. The molecule has 23 heavy (non-hydrogen) atoms. The first kappa shape index (κ1) is 17.4. The van der Waals surface area contributed by atoms with E-state index in [1.165, 1.54) is 16.7 Å². The number of hydrogen-bond acceptors (Lipinski definition) is 3. The molecule has 3 heteroatoms. The van der Waals surface area contributed by atoms with Crippen molar-refractivity contribution >= 4 is 0 Å². The molecule has 1 atom stereocenters. The van der Waals surface area contributed by atoms with Crippen molar-refractivity contribution in [1.29, 1.82) is 0 Å². The molecule has 0 aliphatic rings. The molecule has 2 rings (SSSR count). The molecule has 0 bridgehead atoms. The highest BCUT2D eigenvalue weighted by atomic mass is 16.5. The van der Waals surface area contributed by atoms with Crippen molar-refractivity contribution in [2.24, 2.45) is 5.73 Å². The van der Waals surface area contributed by atoms with E-state index < -0.39 is 0 Å². The van der Waals surface area contributed by atoms with Gasteiger partial charge in [0.25, 0.3) is 0 Å². The fraction of sp³-hybridized carbons (Fsp3) is 0.400. The second-order valence-electron chi connectivity index (χ2n) is 5.90. The lowest BCUT2D eigenvalue weighted by atomic mass is 9.94. The summed E-state index contributed by atoms with van der Waals surface area (Å²) in [5.41, 5.74) is 9.67. The summed E-state index contributed by atoms with van der Waals surface area (Å²) >= 11 is 0. The van der Waals surface area contributed by atoms with Crippen LogP contribution in [0.1, 0.15) is 35.4 Å². The molecule has 0 aliphatic carbocycles. The molecule has 2 aromatic rings. The molecule has 1 unspecified atom stereocenters. The van der Waals surface area contributed by atoms with Gasteiger partial charge in [-0.3, -0.25) is 0 Å². The van der Waals surface area contributed by atoms with Gasteiger partial charge in [-0.2, -0.15) is 0 Å². The van der Waals surface area contributed by atoms with Crippen molar-refractivity contribution < 1.29 is 9.47 Å². The molecule has 0 radical (unpaired) electrons. The topological polar surface area (TPSA) is 44.5 Å². The number of nitrogens with two attached hydrogens (primary N) is 1. The van der Waals surface area contributed by atoms with Crippen LogP contribution in [0.3, 0.4) is 0 Å². The minimum Gasteiger partial charge on any atom is -0.497 e. The number of ether oxygens (including phenoxy) is 2. The Morgan fingerprint density at radius 1 is 1.09 bits per heavy atom. The fourth-order valence-electron chi connectivity index (χ4n) is 2.71. The summed E-state index contributed by atoms with van der Waals surface area (Å²) in [7, 11) is 1.69. The van der Waals surface area contributed by atoms with Crippen LogP contribution in [0.2, 0.25) is 0 Å². The number of benzene rings is 2. The maximum Gasteiger partial charge on any atom is 0.122 e. The predicted octanol–water partition coefficient (Wildman–Crippen LogP) is 4.21. The van der Waals surface area contributed by atoms with Gasteiger partial charge in [-0.1, -0.05) is 24.3 Å². The van der Waals surface area contributed by atoms with Crippen LogP contribution in [0.4, 0.5) is 0 Å². The van der Waals surface area contributed by atoms with Gasteiger partial charge in [0, 0.05) is 0 Å². The van der Waals surface area contributed by atoms with Crippen LogP contribution < -0.4 is 15.2 Å².